The van der Waals surface area contributed by atoms with Crippen molar-refractivity contribution in [3.05, 3.63) is 18.0 Å². The van der Waals surface area contributed by atoms with Gasteiger partial charge in [-0.05, 0) is 38.2 Å². The molecule has 1 aromatic rings. The number of allylic oxidation sites excluding steroid dienone is 2. The maximum atomic E-state index is 11.3. The Balaban J connectivity index is 2.00. The lowest BCUT2D eigenvalue weighted by Crippen LogP contribution is -2.13. The number of aromatic nitrogens is 3. The highest BCUT2D eigenvalue weighted by atomic mass is 16.5. The summed E-state index contributed by atoms with van der Waals surface area (Å²) >= 11 is 0. The van der Waals surface area contributed by atoms with Crippen molar-refractivity contribution < 1.29 is 9.53 Å². The van der Waals surface area contributed by atoms with Gasteiger partial charge in [0.15, 0.2) is 0 Å². The molecule has 1 aliphatic rings. The standard InChI is InChI=1S/C12H17N3O2/c1-2-17-12(16)9-15-8-11(13-14-15)10-6-4-3-5-7-10/h6,8H,2-5,7,9H2,1H3. The van der Waals surface area contributed by atoms with Gasteiger partial charge in [0.1, 0.15) is 12.2 Å². The molecule has 5 heteroatoms. The van der Waals surface area contributed by atoms with Crippen LogP contribution in [-0.4, -0.2) is 27.6 Å². The van der Waals surface area contributed by atoms with Crippen LogP contribution < -0.4 is 0 Å². The quantitative estimate of drug-likeness (QED) is 0.747. The first-order chi connectivity index (χ1) is 8.29. The highest BCUT2D eigenvalue weighted by Gasteiger charge is 2.11. The third-order valence-electron chi connectivity index (χ3n) is 2.76. The van der Waals surface area contributed by atoms with E-state index in [2.05, 4.69) is 16.4 Å². The third kappa shape index (κ3) is 3.15. The van der Waals surface area contributed by atoms with Crippen LogP contribution in [0.15, 0.2) is 12.3 Å². The molecular weight excluding hydrogens is 218 g/mol. The summed E-state index contributed by atoms with van der Waals surface area (Å²) in [5, 5.41) is 8.03. The van der Waals surface area contributed by atoms with Gasteiger partial charge in [0.05, 0.1) is 12.8 Å². The molecule has 1 aromatic heterocycles. The maximum absolute atomic E-state index is 11.3. The van der Waals surface area contributed by atoms with Gasteiger partial charge in [-0.1, -0.05) is 11.3 Å². The Morgan fingerprint density at radius 3 is 3.12 bits per heavy atom. The minimum atomic E-state index is -0.276. The largest absolute Gasteiger partial charge is 0.465 e. The van der Waals surface area contributed by atoms with Crippen molar-refractivity contribution in [2.24, 2.45) is 0 Å². The molecule has 5 nitrogen and oxygen atoms in total. The summed E-state index contributed by atoms with van der Waals surface area (Å²) < 4.78 is 6.39. The molecule has 1 aliphatic carbocycles. The van der Waals surface area contributed by atoms with Crippen molar-refractivity contribution in [1.29, 1.82) is 0 Å². The lowest BCUT2D eigenvalue weighted by atomic mass is 9.98. The molecule has 0 N–H and O–H groups in total. The SMILES string of the molecule is CCOC(=O)Cn1cc(C2=CCCCC2)nn1. The molecule has 0 aliphatic heterocycles. The van der Waals surface area contributed by atoms with Crippen LogP contribution in [0, 0.1) is 0 Å². The summed E-state index contributed by atoms with van der Waals surface area (Å²) in [7, 11) is 0. The Labute approximate surface area is 100 Å². The Morgan fingerprint density at radius 1 is 1.53 bits per heavy atom. The topological polar surface area (TPSA) is 57.0 Å². The van der Waals surface area contributed by atoms with E-state index in [4.69, 9.17) is 4.74 Å². The van der Waals surface area contributed by atoms with Gasteiger partial charge in [0.2, 0.25) is 0 Å². The number of ether oxygens (including phenoxy) is 1. The van der Waals surface area contributed by atoms with Gasteiger partial charge in [-0.3, -0.25) is 4.79 Å². The lowest BCUT2D eigenvalue weighted by Gasteiger charge is -2.08. The second-order valence-electron chi connectivity index (χ2n) is 4.08. The van der Waals surface area contributed by atoms with Crippen LogP contribution >= 0.6 is 0 Å². The fraction of sp³-hybridized carbons (Fsp3) is 0.583. The van der Waals surface area contributed by atoms with E-state index in [0.29, 0.717) is 6.61 Å². The lowest BCUT2D eigenvalue weighted by molar-refractivity contribution is -0.144. The van der Waals surface area contributed by atoms with Gasteiger partial charge >= 0.3 is 5.97 Å². The zero-order valence-corrected chi connectivity index (χ0v) is 10.1. The average Bonchev–Trinajstić information content (AvgIpc) is 2.79. The first kappa shape index (κ1) is 11.8. The molecule has 0 saturated carbocycles. The zero-order valence-electron chi connectivity index (χ0n) is 10.1. The van der Waals surface area contributed by atoms with E-state index >= 15 is 0 Å². The number of carbonyl (C=O) groups is 1. The third-order valence-corrected chi connectivity index (χ3v) is 2.76. The number of esters is 1. The Bertz CT molecular complexity index is 423. The summed E-state index contributed by atoms with van der Waals surface area (Å²) in [6.07, 6.45) is 8.64. The predicted molar refractivity (Wildman–Crippen MR) is 63.1 cm³/mol. The van der Waals surface area contributed by atoms with E-state index in [1.807, 2.05) is 6.20 Å². The fourth-order valence-electron chi connectivity index (χ4n) is 1.93. The van der Waals surface area contributed by atoms with E-state index in [0.717, 1.165) is 18.5 Å². The molecule has 0 bridgehead atoms. The van der Waals surface area contributed by atoms with Crippen LogP contribution in [0.2, 0.25) is 0 Å². The van der Waals surface area contributed by atoms with Gasteiger partial charge in [-0.25, -0.2) is 4.68 Å². The van der Waals surface area contributed by atoms with Crippen LogP contribution in [0.25, 0.3) is 5.57 Å². The molecule has 0 atom stereocenters. The van der Waals surface area contributed by atoms with Crippen LogP contribution in [0.3, 0.4) is 0 Å². The van der Waals surface area contributed by atoms with E-state index < -0.39 is 0 Å². The van der Waals surface area contributed by atoms with Gasteiger partial charge in [-0.2, -0.15) is 0 Å². The minimum absolute atomic E-state index is 0.133. The first-order valence-electron chi connectivity index (χ1n) is 6.04. The molecule has 17 heavy (non-hydrogen) atoms. The monoisotopic (exact) mass is 235 g/mol. The van der Waals surface area contributed by atoms with Crippen molar-refractivity contribution in [2.75, 3.05) is 6.61 Å². The normalized spacial score (nSPS) is 15.5. The Morgan fingerprint density at radius 2 is 2.41 bits per heavy atom. The maximum Gasteiger partial charge on any atom is 0.327 e. The second-order valence-corrected chi connectivity index (χ2v) is 4.08. The molecule has 0 spiro atoms. The predicted octanol–water partition coefficient (Wildman–Crippen LogP) is 1.80. The van der Waals surface area contributed by atoms with Crippen molar-refractivity contribution >= 4 is 11.5 Å². The summed E-state index contributed by atoms with van der Waals surface area (Å²) in [4.78, 5) is 11.3. The van der Waals surface area contributed by atoms with Crippen LogP contribution in [-0.2, 0) is 16.1 Å². The fourth-order valence-corrected chi connectivity index (χ4v) is 1.93. The summed E-state index contributed by atoms with van der Waals surface area (Å²) in [6.45, 7) is 2.32. The molecule has 92 valence electrons. The van der Waals surface area contributed by atoms with Gasteiger partial charge < -0.3 is 4.74 Å². The minimum Gasteiger partial charge on any atom is -0.465 e. The smallest absolute Gasteiger partial charge is 0.327 e. The zero-order chi connectivity index (χ0) is 12.1. The number of nitrogens with zero attached hydrogens (tertiary/aromatic N) is 3. The number of carbonyl (C=O) groups excluding carboxylic acids is 1. The highest BCUT2D eigenvalue weighted by Crippen LogP contribution is 2.24. The summed E-state index contributed by atoms with van der Waals surface area (Å²) in [6, 6.07) is 0. The first-order valence-corrected chi connectivity index (χ1v) is 6.04. The van der Waals surface area contributed by atoms with Crippen LogP contribution in [0.1, 0.15) is 38.3 Å². The highest BCUT2D eigenvalue weighted by molar-refractivity contribution is 5.69. The molecule has 0 radical (unpaired) electrons. The van der Waals surface area contributed by atoms with Gasteiger partial charge in [0.25, 0.3) is 0 Å². The molecule has 0 fully saturated rings. The van der Waals surface area contributed by atoms with E-state index in [1.165, 1.54) is 23.1 Å². The van der Waals surface area contributed by atoms with Crippen LogP contribution in [0.4, 0.5) is 0 Å². The van der Waals surface area contributed by atoms with Gasteiger partial charge in [-0.15, -0.1) is 5.10 Å². The van der Waals surface area contributed by atoms with Gasteiger partial charge in [0, 0.05) is 0 Å². The second kappa shape index (κ2) is 5.61. The molecule has 0 saturated heterocycles. The van der Waals surface area contributed by atoms with E-state index in [-0.39, 0.29) is 12.5 Å². The summed E-state index contributed by atoms with van der Waals surface area (Å²) in [5.41, 5.74) is 2.13. The molecular formula is C12H17N3O2. The van der Waals surface area contributed by atoms with Crippen molar-refractivity contribution in [3.63, 3.8) is 0 Å². The number of rotatable bonds is 4. The molecule has 0 amide bonds. The number of hydrogen-bond donors (Lipinski definition) is 0. The molecule has 0 aromatic carbocycles. The molecule has 0 unspecified atom stereocenters. The van der Waals surface area contributed by atoms with Crippen LogP contribution in [0.5, 0.6) is 0 Å². The Hall–Kier alpha value is -1.65. The summed E-state index contributed by atoms with van der Waals surface area (Å²) in [5.74, 6) is -0.276. The van der Waals surface area contributed by atoms with Crippen molar-refractivity contribution in [2.45, 2.75) is 39.2 Å². The molecule has 1 heterocycles. The van der Waals surface area contributed by atoms with E-state index in [9.17, 15) is 4.79 Å². The van der Waals surface area contributed by atoms with Crippen molar-refractivity contribution in [1.82, 2.24) is 15.0 Å². The average molecular weight is 235 g/mol. The van der Waals surface area contributed by atoms with E-state index in [1.54, 1.807) is 6.92 Å². The molecule has 2 rings (SSSR count). The number of hydrogen-bond acceptors (Lipinski definition) is 4. The van der Waals surface area contributed by atoms with Crippen molar-refractivity contribution in [3.8, 4) is 0 Å². The Kier molecular flexibility index (Phi) is 3.90.